The normalized spacial score (nSPS) is 24.8. The van der Waals surface area contributed by atoms with Gasteiger partial charge in [0, 0.05) is 5.92 Å². The van der Waals surface area contributed by atoms with Crippen molar-refractivity contribution >= 4 is 11.8 Å². The van der Waals surface area contributed by atoms with Crippen LogP contribution >= 0.6 is 0 Å². The quantitative estimate of drug-likeness (QED) is 0.692. The summed E-state index contributed by atoms with van der Waals surface area (Å²) in [4.78, 5) is 23.2. The summed E-state index contributed by atoms with van der Waals surface area (Å²) in [5.74, 6) is 0.456. The number of hydrogen-bond acceptors (Lipinski definition) is 3. The van der Waals surface area contributed by atoms with E-state index < -0.39 is 0 Å². The molecule has 1 fully saturated rings. The van der Waals surface area contributed by atoms with Gasteiger partial charge in [-0.05, 0) is 43.9 Å². The van der Waals surface area contributed by atoms with E-state index in [1.54, 1.807) is 6.92 Å². The van der Waals surface area contributed by atoms with E-state index in [2.05, 4.69) is 13.8 Å². The Morgan fingerprint density at radius 1 is 1.30 bits per heavy atom. The highest BCUT2D eigenvalue weighted by Gasteiger charge is 2.34. The Balaban J connectivity index is 2.37. The number of Topliss-reactive ketones (excluding diaryl/α,β-unsaturated/α-hetero) is 1. The summed E-state index contributed by atoms with van der Waals surface area (Å²) in [5.41, 5.74) is 0.348. The van der Waals surface area contributed by atoms with Crippen LogP contribution in [0.3, 0.4) is 0 Å². The van der Waals surface area contributed by atoms with Crippen LogP contribution in [-0.4, -0.2) is 18.4 Å². The average molecular weight is 282 g/mol. The van der Waals surface area contributed by atoms with E-state index in [0.717, 1.165) is 12.8 Å². The van der Waals surface area contributed by atoms with Crippen LogP contribution < -0.4 is 0 Å². The van der Waals surface area contributed by atoms with Gasteiger partial charge in [-0.15, -0.1) is 0 Å². The van der Waals surface area contributed by atoms with Gasteiger partial charge >= 0.3 is 5.97 Å². The molecular weight excluding hydrogens is 252 g/mol. The van der Waals surface area contributed by atoms with Gasteiger partial charge < -0.3 is 4.74 Å². The van der Waals surface area contributed by atoms with E-state index in [1.807, 2.05) is 13.8 Å². The molecule has 3 unspecified atom stereocenters. The SMILES string of the molecule is CC(=O)C(C)CCOC(=O)C(C)C1CCCC(C)(C)C1. The Labute approximate surface area is 123 Å². The third kappa shape index (κ3) is 5.26. The largest absolute Gasteiger partial charge is 0.465 e. The van der Waals surface area contributed by atoms with Gasteiger partial charge in [-0.1, -0.05) is 34.1 Å². The number of carbonyl (C=O) groups excluding carboxylic acids is 2. The predicted octanol–water partition coefficient (Wildman–Crippen LogP) is 4.00. The van der Waals surface area contributed by atoms with Crippen molar-refractivity contribution in [1.82, 2.24) is 0 Å². The molecule has 0 heterocycles. The van der Waals surface area contributed by atoms with Crippen molar-refractivity contribution in [3.8, 4) is 0 Å². The summed E-state index contributed by atoms with van der Waals surface area (Å²) < 4.78 is 5.35. The van der Waals surface area contributed by atoms with Crippen LogP contribution in [0.2, 0.25) is 0 Å². The van der Waals surface area contributed by atoms with Gasteiger partial charge in [0.1, 0.15) is 5.78 Å². The van der Waals surface area contributed by atoms with Gasteiger partial charge in [-0.3, -0.25) is 9.59 Å². The zero-order valence-corrected chi connectivity index (χ0v) is 13.7. The number of ether oxygens (including phenoxy) is 1. The van der Waals surface area contributed by atoms with Crippen molar-refractivity contribution in [1.29, 1.82) is 0 Å². The van der Waals surface area contributed by atoms with E-state index in [9.17, 15) is 9.59 Å². The minimum absolute atomic E-state index is 0.0216. The molecule has 3 nitrogen and oxygen atoms in total. The van der Waals surface area contributed by atoms with E-state index in [4.69, 9.17) is 4.74 Å². The molecule has 1 aliphatic carbocycles. The average Bonchev–Trinajstić information content (AvgIpc) is 2.36. The van der Waals surface area contributed by atoms with Crippen molar-refractivity contribution in [2.75, 3.05) is 6.61 Å². The Kier molecular flexibility index (Phi) is 6.22. The molecule has 1 aliphatic rings. The topological polar surface area (TPSA) is 43.4 Å². The molecule has 0 spiro atoms. The van der Waals surface area contributed by atoms with Crippen molar-refractivity contribution in [2.24, 2.45) is 23.2 Å². The van der Waals surface area contributed by atoms with Crippen molar-refractivity contribution < 1.29 is 14.3 Å². The summed E-state index contributed by atoms with van der Waals surface area (Å²) in [5, 5.41) is 0. The molecular formula is C17H30O3. The molecule has 116 valence electrons. The number of hydrogen-bond donors (Lipinski definition) is 0. The zero-order valence-electron chi connectivity index (χ0n) is 13.7. The second-order valence-electron chi connectivity index (χ2n) is 7.28. The molecule has 3 atom stereocenters. The zero-order chi connectivity index (χ0) is 15.3. The minimum atomic E-state index is -0.0940. The van der Waals surface area contributed by atoms with E-state index >= 15 is 0 Å². The van der Waals surface area contributed by atoms with Crippen molar-refractivity contribution in [3.63, 3.8) is 0 Å². The molecule has 3 heteroatoms. The maximum atomic E-state index is 12.1. The maximum absolute atomic E-state index is 12.1. The number of esters is 1. The highest BCUT2D eigenvalue weighted by atomic mass is 16.5. The summed E-state index contributed by atoms with van der Waals surface area (Å²) in [7, 11) is 0. The summed E-state index contributed by atoms with van der Waals surface area (Å²) in [6.07, 6.45) is 5.32. The third-order valence-corrected chi connectivity index (χ3v) is 4.81. The fraction of sp³-hybridized carbons (Fsp3) is 0.882. The first-order valence-corrected chi connectivity index (χ1v) is 7.90. The first kappa shape index (κ1) is 17.2. The van der Waals surface area contributed by atoms with Crippen LogP contribution in [0.4, 0.5) is 0 Å². The molecule has 0 saturated heterocycles. The highest BCUT2D eigenvalue weighted by molar-refractivity contribution is 5.77. The molecule has 0 N–H and O–H groups in total. The predicted molar refractivity (Wildman–Crippen MR) is 80.3 cm³/mol. The summed E-state index contributed by atoms with van der Waals surface area (Å²) >= 11 is 0. The monoisotopic (exact) mass is 282 g/mol. The van der Waals surface area contributed by atoms with Crippen LogP contribution in [-0.2, 0) is 14.3 Å². The fourth-order valence-electron chi connectivity index (χ4n) is 3.05. The third-order valence-electron chi connectivity index (χ3n) is 4.81. The summed E-state index contributed by atoms with van der Waals surface area (Å²) in [6, 6.07) is 0. The second kappa shape index (κ2) is 7.24. The van der Waals surface area contributed by atoms with Crippen LogP contribution in [0, 0.1) is 23.2 Å². The van der Waals surface area contributed by atoms with E-state index in [0.29, 0.717) is 24.4 Å². The lowest BCUT2D eigenvalue weighted by Crippen LogP contribution is -2.31. The molecule has 1 saturated carbocycles. The molecule has 20 heavy (non-hydrogen) atoms. The fourth-order valence-corrected chi connectivity index (χ4v) is 3.05. The summed E-state index contributed by atoms with van der Waals surface area (Å²) in [6.45, 7) is 10.4. The van der Waals surface area contributed by atoms with Gasteiger partial charge in [-0.25, -0.2) is 0 Å². The standard InChI is InChI=1S/C17H30O3/c1-12(14(3)18)8-10-20-16(19)13(2)15-7-6-9-17(4,5)11-15/h12-13,15H,6-11H2,1-5H3. The lowest BCUT2D eigenvalue weighted by atomic mass is 9.68. The minimum Gasteiger partial charge on any atom is -0.465 e. The molecule has 0 amide bonds. The maximum Gasteiger partial charge on any atom is 0.308 e. The van der Waals surface area contributed by atoms with Gasteiger partial charge in [0.2, 0.25) is 0 Å². The number of rotatable bonds is 6. The van der Waals surface area contributed by atoms with E-state index in [1.165, 1.54) is 12.8 Å². The number of carbonyl (C=O) groups is 2. The van der Waals surface area contributed by atoms with Crippen molar-refractivity contribution in [2.45, 2.75) is 66.7 Å². The molecule has 0 bridgehead atoms. The molecule has 0 aromatic rings. The number of ketones is 1. The Bertz CT molecular complexity index is 346. The highest BCUT2D eigenvalue weighted by Crippen LogP contribution is 2.41. The van der Waals surface area contributed by atoms with Gasteiger partial charge in [0.15, 0.2) is 0 Å². The second-order valence-corrected chi connectivity index (χ2v) is 7.28. The van der Waals surface area contributed by atoms with Gasteiger partial charge in [-0.2, -0.15) is 0 Å². The Hall–Kier alpha value is -0.860. The molecule has 0 radical (unpaired) electrons. The molecule has 0 aromatic carbocycles. The van der Waals surface area contributed by atoms with Gasteiger partial charge in [0.25, 0.3) is 0 Å². The van der Waals surface area contributed by atoms with E-state index in [-0.39, 0.29) is 23.6 Å². The van der Waals surface area contributed by atoms with Gasteiger partial charge in [0.05, 0.1) is 12.5 Å². The molecule has 0 aromatic heterocycles. The Morgan fingerprint density at radius 2 is 1.95 bits per heavy atom. The van der Waals surface area contributed by atoms with Crippen molar-refractivity contribution in [3.05, 3.63) is 0 Å². The lowest BCUT2D eigenvalue weighted by Gasteiger charge is -2.37. The van der Waals surface area contributed by atoms with Crippen LogP contribution in [0.1, 0.15) is 66.7 Å². The smallest absolute Gasteiger partial charge is 0.308 e. The lowest BCUT2D eigenvalue weighted by molar-refractivity contribution is -0.151. The molecule has 1 rings (SSSR count). The first-order valence-electron chi connectivity index (χ1n) is 7.90. The molecule has 0 aliphatic heterocycles. The van der Waals surface area contributed by atoms with Crippen LogP contribution in [0.5, 0.6) is 0 Å². The van der Waals surface area contributed by atoms with Crippen LogP contribution in [0.15, 0.2) is 0 Å². The van der Waals surface area contributed by atoms with Crippen LogP contribution in [0.25, 0.3) is 0 Å². The Morgan fingerprint density at radius 3 is 2.50 bits per heavy atom. The first-order chi connectivity index (χ1) is 9.23.